The Morgan fingerprint density at radius 1 is 1.21 bits per heavy atom. The molecule has 132 valence electrons. The Morgan fingerprint density at radius 2 is 2.04 bits per heavy atom. The minimum Gasteiger partial charge on any atom is -0.333 e. The first-order valence-electron chi connectivity index (χ1n) is 8.77. The molecule has 1 atom stereocenters. The van der Waals surface area contributed by atoms with Crippen LogP contribution in [0.4, 0.5) is 4.79 Å². The van der Waals surface area contributed by atoms with Crippen LogP contribution in [0.15, 0.2) is 17.5 Å². The van der Waals surface area contributed by atoms with Crippen molar-refractivity contribution >= 4 is 23.3 Å². The van der Waals surface area contributed by atoms with E-state index >= 15 is 0 Å². The van der Waals surface area contributed by atoms with Gasteiger partial charge in [-0.15, -0.1) is 11.3 Å². The van der Waals surface area contributed by atoms with Gasteiger partial charge in [0, 0.05) is 17.5 Å². The van der Waals surface area contributed by atoms with Gasteiger partial charge in [-0.05, 0) is 56.8 Å². The van der Waals surface area contributed by atoms with Crippen molar-refractivity contribution in [2.45, 2.75) is 38.3 Å². The number of piperidine rings is 1. The van der Waals surface area contributed by atoms with E-state index in [4.69, 9.17) is 0 Å². The number of rotatable bonds is 5. The number of carbonyl (C=O) groups excluding carboxylic acids is 2. The molecule has 7 heteroatoms. The number of hydrogen-bond donors (Lipinski definition) is 2. The SMILES string of the molecule is O=C(CN1CCCC(N2CCCC2)C1)NC(=O)NCc1cccs1. The molecular weight excluding hydrogens is 324 g/mol. The zero-order valence-electron chi connectivity index (χ0n) is 14.0. The highest BCUT2D eigenvalue weighted by atomic mass is 32.1. The Bertz CT molecular complexity index is 543. The number of nitrogens with one attached hydrogen (secondary N) is 2. The van der Waals surface area contributed by atoms with E-state index in [0.717, 1.165) is 24.4 Å². The van der Waals surface area contributed by atoms with Crippen LogP contribution in [0.2, 0.25) is 0 Å². The van der Waals surface area contributed by atoms with Crippen molar-refractivity contribution in [3.8, 4) is 0 Å². The van der Waals surface area contributed by atoms with E-state index < -0.39 is 6.03 Å². The molecule has 1 aromatic heterocycles. The number of likely N-dealkylation sites (tertiary alicyclic amines) is 2. The lowest BCUT2D eigenvalue weighted by molar-refractivity contribution is -0.121. The quantitative estimate of drug-likeness (QED) is 0.847. The molecule has 2 N–H and O–H groups in total. The van der Waals surface area contributed by atoms with Gasteiger partial charge in [0.1, 0.15) is 0 Å². The van der Waals surface area contributed by atoms with Gasteiger partial charge in [-0.25, -0.2) is 4.79 Å². The molecule has 2 aliphatic heterocycles. The van der Waals surface area contributed by atoms with Crippen LogP contribution >= 0.6 is 11.3 Å². The normalized spacial score (nSPS) is 22.4. The summed E-state index contributed by atoms with van der Waals surface area (Å²) in [7, 11) is 0. The lowest BCUT2D eigenvalue weighted by Gasteiger charge is -2.37. The lowest BCUT2D eigenvalue weighted by Crippen LogP contribution is -2.51. The summed E-state index contributed by atoms with van der Waals surface area (Å²) in [6.07, 6.45) is 4.93. The van der Waals surface area contributed by atoms with Crippen LogP contribution in [-0.2, 0) is 11.3 Å². The van der Waals surface area contributed by atoms with Crippen molar-refractivity contribution in [1.82, 2.24) is 20.4 Å². The van der Waals surface area contributed by atoms with Gasteiger partial charge in [-0.1, -0.05) is 6.07 Å². The van der Waals surface area contributed by atoms with Crippen LogP contribution in [0, 0.1) is 0 Å². The van der Waals surface area contributed by atoms with E-state index in [9.17, 15) is 9.59 Å². The Balaban J connectivity index is 1.38. The molecule has 0 spiro atoms. The molecule has 6 nitrogen and oxygen atoms in total. The fraction of sp³-hybridized carbons (Fsp3) is 0.647. The number of imide groups is 1. The summed E-state index contributed by atoms with van der Waals surface area (Å²) >= 11 is 1.58. The smallest absolute Gasteiger partial charge is 0.321 e. The van der Waals surface area contributed by atoms with Crippen molar-refractivity contribution in [3.05, 3.63) is 22.4 Å². The van der Waals surface area contributed by atoms with Crippen molar-refractivity contribution in [2.75, 3.05) is 32.7 Å². The fourth-order valence-electron chi connectivity index (χ4n) is 3.57. The van der Waals surface area contributed by atoms with Crippen molar-refractivity contribution in [2.24, 2.45) is 0 Å². The third-order valence-electron chi connectivity index (χ3n) is 4.76. The lowest BCUT2D eigenvalue weighted by atomic mass is 10.0. The van der Waals surface area contributed by atoms with Crippen LogP contribution < -0.4 is 10.6 Å². The maximum absolute atomic E-state index is 12.1. The fourth-order valence-corrected chi connectivity index (χ4v) is 4.22. The van der Waals surface area contributed by atoms with Crippen molar-refractivity contribution in [3.63, 3.8) is 0 Å². The second-order valence-corrected chi connectivity index (χ2v) is 7.62. The first-order chi connectivity index (χ1) is 11.7. The molecule has 0 bridgehead atoms. The average molecular weight is 350 g/mol. The van der Waals surface area contributed by atoms with Gasteiger partial charge in [0.2, 0.25) is 5.91 Å². The number of urea groups is 1. The van der Waals surface area contributed by atoms with E-state index in [1.165, 1.54) is 32.4 Å². The summed E-state index contributed by atoms with van der Waals surface area (Å²) in [6.45, 7) is 5.01. The van der Waals surface area contributed by atoms with Crippen molar-refractivity contribution in [1.29, 1.82) is 0 Å². The van der Waals surface area contributed by atoms with E-state index in [1.54, 1.807) is 11.3 Å². The zero-order valence-corrected chi connectivity index (χ0v) is 14.8. The van der Waals surface area contributed by atoms with Gasteiger partial charge in [0.05, 0.1) is 13.1 Å². The topological polar surface area (TPSA) is 64.7 Å². The van der Waals surface area contributed by atoms with Gasteiger partial charge < -0.3 is 5.32 Å². The molecule has 1 unspecified atom stereocenters. The van der Waals surface area contributed by atoms with Crippen LogP contribution in [0.5, 0.6) is 0 Å². The predicted molar refractivity (Wildman–Crippen MR) is 95.0 cm³/mol. The minimum absolute atomic E-state index is 0.222. The summed E-state index contributed by atoms with van der Waals surface area (Å²) in [5.41, 5.74) is 0. The standard InChI is InChI=1S/C17H26N4O2S/c22-16(19-17(23)18-11-15-6-4-10-24-15)13-20-7-3-5-14(12-20)21-8-1-2-9-21/h4,6,10,14H,1-3,5,7-9,11-13H2,(H2,18,19,22,23). The molecule has 0 aliphatic carbocycles. The number of thiophene rings is 1. The maximum Gasteiger partial charge on any atom is 0.321 e. The molecule has 0 radical (unpaired) electrons. The van der Waals surface area contributed by atoms with E-state index in [0.29, 0.717) is 19.1 Å². The molecule has 2 saturated heterocycles. The molecule has 2 fully saturated rings. The van der Waals surface area contributed by atoms with Gasteiger partial charge in [0.25, 0.3) is 0 Å². The number of nitrogens with zero attached hydrogens (tertiary/aromatic N) is 2. The van der Waals surface area contributed by atoms with Gasteiger partial charge in [-0.3, -0.25) is 19.9 Å². The van der Waals surface area contributed by atoms with Crippen LogP contribution in [0.3, 0.4) is 0 Å². The second kappa shape index (κ2) is 8.60. The maximum atomic E-state index is 12.1. The highest BCUT2D eigenvalue weighted by molar-refractivity contribution is 7.09. The first kappa shape index (κ1) is 17.4. The van der Waals surface area contributed by atoms with Gasteiger partial charge >= 0.3 is 6.03 Å². The van der Waals surface area contributed by atoms with E-state index in [2.05, 4.69) is 20.4 Å². The molecule has 0 aromatic carbocycles. The van der Waals surface area contributed by atoms with Crippen LogP contribution in [-0.4, -0.2) is 60.5 Å². The molecule has 0 saturated carbocycles. The number of carbonyl (C=O) groups is 2. The van der Waals surface area contributed by atoms with Gasteiger partial charge in [0.15, 0.2) is 0 Å². The summed E-state index contributed by atoms with van der Waals surface area (Å²) in [5, 5.41) is 7.12. The Kier molecular flexibility index (Phi) is 6.23. The van der Waals surface area contributed by atoms with Crippen LogP contribution in [0.25, 0.3) is 0 Å². The Labute approximate surface area is 147 Å². The molecular formula is C17H26N4O2S. The van der Waals surface area contributed by atoms with E-state index in [-0.39, 0.29) is 5.91 Å². The second-order valence-electron chi connectivity index (χ2n) is 6.58. The minimum atomic E-state index is -0.415. The van der Waals surface area contributed by atoms with Gasteiger partial charge in [-0.2, -0.15) is 0 Å². The third kappa shape index (κ3) is 5.03. The highest BCUT2D eigenvalue weighted by Crippen LogP contribution is 2.20. The summed E-state index contributed by atoms with van der Waals surface area (Å²) in [5.74, 6) is -0.222. The van der Waals surface area contributed by atoms with Crippen LogP contribution in [0.1, 0.15) is 30.6 Å². The average Bonchev–Trinajstić information content (AvgIpc) is 3.27. The predicted octanol–water partition coefficient (Wildman–Crippen LogP) is 1.63. The number of hydrogen-bond acceptors (Lipinski definition) is 5. The molecule has 3 heterocycles. The largest absolute Gasteiger partial charge is 0.333 e. The summed E-state index contributed by atoms with van der Waals surface area (Å²) in [4.78, 5) is 29.7. The third-order valence-corrected chi connectivity index (χ3v) is 5.64. The first-order valence-corrected chi connectivity index (χ1v) is 9.65. The Morgan fingerprint density at radius 3 is 2.79 bits per heavy atom. The molecule has 24 heavy (non-hydrogen) atoms. The molecule has 3 rings (SSSR count). The Hall–Kier alpha value is -1.44. The number of amides is 3. The zero-order chi connectivity index (χ0) is 16.8. The summed E-state index contributed by atoms with van der Waals surface area (Å²) in [6, 6.07) is 4.06. The van der Waals surface area contributed by atoms with Crippen molar-refractivity contribution < 1.29 is 9.59 Å². The molecule has 3 amide bonds. The van der Waals surface area contributed by atoms with E-state index in [1.807, 2.05) is 17.5 Å². The highest BCUT2D eigenvalue weighted by Gasteiger charge is 2.28. The molecule has 2 aliphatic rings. The summed E-state index contributed by atoms with van der Waals surface area (Å²) < 4.78 is 0. The monoisotopic (exact) mass is 350 g/mol. The molecule has 1 aromatic rings.